The van der Waals surface area contributed by atoms with Crippen molar-refractivity contribution in [3.63, 3.8) is 0 Å². The van der Waals surface area contributed by atoms with Gasteiger partial charge in [0.05, 0.1) is 0 Å². The van der Waals surface area contributed by atoms with E-state index < -0.39 is 11.8 Å². The highest BCUT2D eigenvalue weighted by atomic mass is 19.2. The fourth-order valence-corrected chi connectivity index (χ4v) is 1.90. The van der Waals surface area contributed by atoms with Crippen LogP contribution >= 0.6 is 0 Å². The number of rotatable bonds is 5. The summed E-state index contributed by atoms with van der Waals surface area (Å²) in [6.45, 7) is 2.08. The Labute approximate surface area is 111 Å². The number of halogens is 2. The number of aromatic nitrogens is 2. The summed E-state index contributed by atoms with van der Waals surface area (Å²) in [6.07, 6.45) is 3.55. The van der Waals surface area contributed by atoms with Crippen LogP contribution in [0.15, 0.2) is 30.3 Å². The summed E-state index contributed by atoms with van der Waals surface area (Å²) in [5, 5.41) is 0. The molecule has 1 heterocycles. The van der Waals surface area contributed by atoms with Gasteiger partial charge in [0, 0.05) is 12.0 Å². The molecule has 0 radical (unpaired) electrons. The van der Waals surface area contributed by atoms with Gasteiger partial charge >= 0.3 is 0 Å². The van der Waals surface area contributed by atoms with Crippen molar-refractivity contribution in [3.05, 3.63) is 47.9 Å². The standard InChI is InChI=1S/C15H16F2N2/c1-2-3-5-10-12-18-14(13(16)15(17)19-12)11-8-6-4-7-9-11/h4,6-9H,2-3,5,10H2,1H3. The van der Waals surface area contributed by atoms with Crippen LogP contribution in [-0.2, 0) is 6.42 Å². The zero-order valence-corrected chi connectivity index (χ0v) is 10.9. The highest BCUT2D eigenvalue weighted by Crippen LogP contribution is 2.22. The van der Waals surface area contributed by atoms with Crippen LogP contribution in [0, 0.1) is 11.8 Å². The fraction of sp³-hybridized carbons (Fsp3) is 0.333. The second-order valence-corrected chi connectivity index (χ2v) is 4.42. The van der Waals surface area contributed by atoms with Gasteiger partial charge < -0.3 is 0 Å². The van der Waals surface area contributed by atoms with Crippen molar-refractivity contribution in [2.24, 2.45) is 0 Å². The highest BCUT2D eigenvalue weighted by Gasteiger charge is 2.15. The molecular weight excluding hydrogens is 246 g/mol. The maximum Gasteiger partial charge on any atom is 0.252 e. The van der Waals surface area contributed by atoms with Crippen molar-refractivity contribution < 1.29 is 8.78 Å². The molecule has 0 amide bonds. The van der Waals surface area contributed by atoms with E-state index in [4.69, 9.17) is 0 Å². The van der Waals surface area contributed by atoms with Gasteiger partial charge in [-0.2, -0.15) is 8.78 Å². The van der Waals surface area contributed by atoms with Crippen LogP contribution in [0.1, 0.15) is 32.0 Å². The largest absolute Gasteiger partial charge is 0.252 e. The molecule has 1 aromatic heterocycles. The second-order valence-electron chi connectivity index (χ2n) is 4.42. The van der Waals surface area contributed by atoms with Gasteiger partial charge in [-0.05, 0) is 6.42 Å². The first-order chi connectivity index (χ1) is 9.22. The summed E-state index contributed by atoms with van der Waals surface area (Å²) in [5.41, 5.74) is 0.609. The molecule has 0 unspecified atom stereocenters. The third-order valence-corrected chi connectivity index (χ3v) is 2.91. The molecule has 0 saturated heterocycles. The molecule has 0 aliphatic rings. The van der Waals surface area contributed by atoms with Crippen molar-refractivity contribution in [1.29, 1.82) is 0 Å². The molecule has 0 atom stereocenters. The van der Waals surface area contributed by atoms with Crippen LogP contribution in [0.3, 0.4) is 0 Å². The molecule has 2 aromatic rings. The Bertz CT molecular complexity index is 541. The monoisotopic (exact) mass is 262 g/mol. The minimum Gasteiger partial charge on any atom is -0.230 e. The van der Waals surface area contributed by atoms with Gasteiger partial charge in [0.1, 0.15) is 11.5 Å². The molecule has 19 heavy (non-hydrogen) atoms. The first-order valence-corrected chi connectivity index (χ1v) is 6.49. The van der Waals surface area contributed by atoms with E-state index in [0.717, 1.165) is 19.3 Å². The highest BCUT2D eigenvalue weighted by molar-refractivity contribution is 5.59. The van der Waals surface area contributed by atoms with E-state index in [0.29, 0.717) is 17.8 Å². The van der Waals surface area contributed by atoms with Crippen molar-refractivity contribution in [2.45, 2.75) is 32.6 Å². The summed E-state index contributed by atoms with van der Waals surface area (Å²) in [7, 11) is 0. The Morgan fingerprint density at radius 2 is 1.74 bits per heavy atom. The van der Waals surface area contributed by atoms with Gasteiger partial charge in [-0.3, -0.25) is 0 Å². The predicted molar refractivity (Wildman–Crippen MR) is 70.6 cm³/mol. The molecule has 0 aliphatic carbocycles. The molecule has 0 bridgehead atoms. The van der Waals surface area contributed by atoms with E-state index in [2.05, 4.69) is 16.9 Å². The van der Waals surface area contributed by atoms with E-state index in [1.54, 1.807) is 24.3 Å². The number of hydrogen-bond acceptors (Lipinski definition) is 2. The van der Waals surface area contributed by atoms with Gasteiger partial charge in [0.25, 0.3) is 5.95 Å². The molecule has 100 valence electrons. The number of nitrogens with zero attached hydrogens (tertiary/aromatic N) is 2. The lowest BCUT2D eigenvalue weighted by atomic mass is 10.1. The smallest absolute Gasteiger partial charge is 0.230 e. The van der Waals surface area contributed by atoms with E-state index >= 15 is 0 Å². The normalized spacial score (nSPS) is 10.7. The summed E-state index contributed by atoms with van der Waals surface area (Å²) in [6, 6.07) is 8.78. The lowest BCUT2D eigenvalue weighted by molar-refractivity contribution is 0.468. The molecule has 2 rings (SSSR count). The lowest BCUT2D eigenvalue weighted by Crippen LogP contribution is -2.04. The Morgan fingerprint density at radius 1 is 1.00 bits per heavy atom. The van der Waals surface area contributed by atoms with Gasteiger partial charge in [-0.15, -0.1) is 0 Å². The van der Waals surface area contributed by atoms with Crippen molar-refractivity contribution >= 4 is 0 Å². The Balaban J connectivity index is 2.32. The van der Waals surface area contributed by atoms with Crippen molar-refractivity contribution in [1.82, 2.24) is 9.97 Å². The SMILES string of the molecule is CCCCCc1nc(F)c(F)c(-c2ccccc2)n1. The number of hydrogen-bond donors (Lipinski definition) is 0. The molecule has 0 saturated carbocycles. The zero-order valence-electron chi connectivity index (χ0n) is 10.9. The predicted octanol–water partition coefficient (Wildman–Crippen LogP) is 4.15. The molecule has 0 aliphatic heterocycles. The average Bonchev–Trinajstić information content (AvgIpc) is 2.44. The number of benzene rings is 1. The third-order valence-electron chi connectivity index (χ3n) is 2.91. The van der Waals surface area contributed by atoms with Gasteiger partial charge in [0.15, 0.2) is 0 Å². The first kappa shape index (κ1) is 13.6. The van der Waals surface area contributed by atoms with Crippen LogP contribution in [0.2, 0.25) is 0 Å². The number of unbranched alkanes of at least 4 members (excludes halogenated alkanes) is 2. The van der Waals surface area contributed by atoms with E-state index in [1.165, 1.54) is 0 Å². The number of aryl methyl sites for hydroxylation is 1. The topological polar surface area (TPSA) is 25.8 Å². The van der Waals surface area contributed by atoms with Crippen LogP contribution in [-0.4, -0.2) is 9.97 Å². The molecular formula is C15H16F2N2. The molecule has 1 aromatic carbocycles. The van der Waals surface area contributed by atoms with E-state index in [9.17, 15) is 8.78 Å². The van der Waals surface area contributed by atoms with Crippen molar-refractivity contribution in [3.8, 4) is 11.3 Å². The molecule has 0 spiro atoms. The Morgan fingerprint density at radius 3 is 2.42 bits per heavy atom. The molecule has 0 fully saturated rings. The minimum atomic E-state index is -1.07. The Hall–Kier alpha value is -1.84. The summed E-state index contributed by atoms with van der Waals surface area (Å²) in [5.74, 6) is -1.68. The molecule has 4 heteroatoms. The second kappa shape index (κ2) is 6.36. The van der Waals surface area contributed by atoms with Crippen LogP contribution < -0.4 is 0 Å². The Kier molecular flexibility index (Phi) is 4.55. The first-order valence-electron chi connectivity index (χ1n) is 6.49. The summed E-state index contributed by atoms with van der Waals surface area (Å²) < 4.78 is 27.3. The molecule has 2 nitrogen and oxygen atoms in total. The maximum absolute atomic E-state index is 13.8. The molecule has 0 N–H and O–H groups in total. The minimum absolute atomic E-state index is 0.0413. The van der Waals surface area contributed by atoms with Crippen molar-refractivity contribution in [2.75, 3.05) is 0 Å². The summed E-state index contributed by atoms with van der Waals surface area (Å²) in [4.78, 5) is 7.73. The average molecular weight is 262 g/mol. The van der Waals surface area contributed by atoms with Crippen LogP contribution in [0.4, 0.5) is 8.78 Å². The van der Waals surface area contributed by atoms with E-state index in [-0.39, 0.29) is 5.69 Å². The third kappa shape index (κ3) is 3.34. The van der Waals surface area contributed by atoms with Gasteiger partial charge in [-0.25, -0.2) is 9.97 Å². The van der Waals surface area contributed by atoms with Crippen LogP contribution in [0.25, 0.3) is 11.3 Å². The van der Waals surface area contributed by atoms with Crippen LogP contribution in [0.5, 0.6) is 0 Å². The summed E-state index contributed by atoms with van der Waals surface area (Å²) >= 11 is 0. The fourth-order valence-electron chi connectivity index (χ4n) is 1.90. The quantitative estimate of drug-likeness (QED) is 0.597. The van der Waals surface area contributed by atoms with Gasteiger partial charge in [-0.1, -0.05) is 50.1 Å². The lowest BCUT2D eigenvalue weighted by Gasteiger charge is -2.06. The zero-order chi connectivity index (χ0) is 13.7. The van der Waals surface area contributed by atoms with E-state index in [1.807, 2.05) is 6.07 Å². The van der Waals surface area contributed by atoms with Gasteiger partial charge in [0.2, 0.25) is 5.82 Å². The maximum atomic E-state index is 13.8.